The van der Waals surface area contributed by atoms with Crippen LogP contribution in [0.5, 0.6) is 5.75 Å². The highest BCUT2D eigenvalue weighted by atomic mass is 79.9. The van der Waals surface area contributed by atoms with Crippen molar-refractivity contribution in [2.45, 2.75) is 18.9 Å². The van der Waals surface area contributed by atoms with Crippen LogP contribution in [0.1, 0.15) is 16.7 Å². The van der Waals surface area contributed by atoms with E-state index in [1.165, 1.54) is 0 Å². The van der Waals surface area contributed by atoms with Gasteiger partial charge < -0.3 is 4.74 Å². The highest BCUT2D eigenvalue weighted by molar-refractivity contribution is 9.10. The molecule has 0 unspecified atom stereocenters. The van der Waals surface area contributed by atoms with Crippen molar-refractivity contribution in [3.63, 3.8) is 0 Å². The summed E-state index contributed by atoms with van der Waals surface area (Å²) in [5.74, 6) is 0.876. The molecule has 20 heavy (non-hydrogen) atoms. The van der Waals surface area contributed by atoms with Crippen molar-refractivity contribution in [3.05, 3.63) is 61.5 Å². The first-order valence-electron chi connectivity index (χ1n) is 5.93. The van der Waals surface area contributed by atoms with Crippen LogP contribution >= 0.6 is 55.1 Å². The molecule has 0 radical (unpaired) electrons. The van der Waals surface area contributed by atoms with E-state index >= 15 is 0 Å². The fraction of sp³-hybridized carbons (Fsp3) is 0.200. The first-order chi connectivity index (χ1) is 9.52. The number of hydrogen-bond donors (Lipinski definition) is 0. The first-order valence-corrected chi connectivity index (χ1v) is 8.60. The van der Waals surface area contributed by atoms with Gasteiger partial charge in [-0.3, -0.25) is 0 Å². The molecule has 0 saturated heterocycles. The maximum Gasteiger partial charge on any atom is 0.126 e. The Morgan fingerprint density at radius 1 is 1.15 bits per heavy atom. The fourth-order valence-electron chi connectivity index (χ4n) is 1.91. The van der Waals surface area contributed by atoms with Gasteiger partial charge in [0.15, 0.2) is 0 Å². The Labute approximate surface area is 145 Å². The third kappa shape index (κ3) is 3.70. The molecule has 0 aliphatic carbocycles. The minimum absolute atomic E-state index is 0.391. The maximum atomic E-state index is 6.17. The highest BCUT2D eigenvalue weighted by Gasteiger charge is 2.10. The Bertz CT molecular complexity index is 630. The van der Waals surface area contributed by atoms with Crippen molar-refractivity contribution in [1.82, 2.24) is 0 Å². The van der Waals surface area contributed by atoms with E-state index in [1.54, 1.807) is 6.07 Å². The van der Waals surface area contributed by atoms with Gasteiger partial charge in [-0.2, -0.15) is 0 Å². The Morgan fingerprint density at radius 2 is 1.90 bits per heavy atom. The van der Waals surface area contributed by atoms with Crippen molar-refractivity contribution in [2.24, 2.45) is 0 Å². The van der Waals surface area contributed by atoms with E-state index in [0.29, 0.717) is 16.7 Å². The molecule has 0 aliphatic rings. The Hall–Kier alpha value is -0.220. The fourth-order valence-corrected chi connectivity index (χ4v) is 3.33. The number of hydrogen-bond acceptors (Lipinski definition) is 1. The van der Waals surface area contributed by atoms with Gasteiger partial charge in [-0.25, -0.2) is 0 Å². The number of ether oxygens (including phenoxy) is 1. The summed E-state index contributed by atoms with van der Waals surface area (Å²) in [6.45, 7) is 2.41. The molecule has 0 atom stereocenters. The van der Waals surface area contributed by atoms with Gasteiger partial charge in [0.1, 0.15) is 12.4 Å². The zero-order chi connectivity index (χ0) is 14.7. The molecule has 0 saturated carbocycles. The van der Waals surface area contributed by atoms with E-state index in [2.05, 4.69) is 31.9 Å². The van der Waals surface area contributed by atoms with Crippen LogP contribution in [0.3, 0.4) is 0 Å². The van der Waals surface area contributed by atoms with Crippen LogP contribution in [-0.2, 0) is 11.9 Å². The molecular weight excluding hydrogens is 427 g/mol. The average molecular weight is 439 g/mol. The number of benzene rings is 2. The molecule has 0 amide bonds. The SMILES string of the molecule is Cc1cc(Br)cc(CBr)c1OCc1cccc(Cl)c1Cl. The number of alkyl halides is 1. The third-order valence-corrected chi connectivity index (χ3v) is 4.78. The smallest absolute Gasteiger partial charge is 0.126 e. The predicted molar refractivity (Wildman–Crippen MR) is 92.3 cm³/mol. The molecule has 0 heterocycles. The summed E-state index contributed by atoms with van der Waals surface area (Å²) in [4.78, 5) is 0. The van der Waals surface area contributed by atoms with Crippen molar-refractivity contribution in [1.29, 1.82) is 0 Å². The predicted octanol–water partition coefficient (Wildman–Crippen LogP) is 6.54. The quantitative estimate of drug-likeness (QED) is 0.492. The topological polar surface area (TPSA) is 9.23 Å². The lowest BCUT2D eigenvalue weighted by molar-refractivity contribution is 0.302. The van der Waals surface area contributed by atoms with Crippen molar-refractivity contribution >= 4 is 55.1 Å². The van der Waals surface area contributed by atoms with Crippen molar-refractivity contribution in [3.8, 4) is 5.75 Å². The largest absolute Gasteiger partial charge is 0.488 e. The standard InChI is InChI=1S/C15H12Br2Cl2O/c1-9-5-12(17)6-11(7-16)15(9)20-8-10-3-2-4-13(18)14(10)19/h2-6H,7-8H2,1H3. The van der Waals surface area contributed by atoms with Gasteiger partial charge in [-0.1, -0.05) is 67.2 Å². The van der Waals surface area contributed by atoms with Crippen LogP contribution in [0.4, 0.5) is 0 Å². The molecule has 2 rings (SSSR count). The highest BCUT2D eigenvalue weighted by Crippen LogP contribution is 2.32. The van der Waals surface area contributed by atoms with E-state index < -0.39 is 0 Å². The first kappa shape index (κ1) is 16.2. The van der Waals surface area contributed by atoms with Crippen molar-refractivity contribution in [2.75, 3.05) is 0 Å². The third-order valence-electron chi connectivity index (χ3n) is 2.86. The van der Waals surface area contributed by atoms with E-state index in [0.717, 1.165) is 32.2 Å². The molecular formula is C15H12Br2Cl2O. The molecule has 0 fully saturated rings. The monoisotopic (exact) mass is 436 g/mol. The van der Waals surface area contributed by atoms with Crippen LogP contribution < -0.4 is 4.74 Å². The molecule has 0 N–H and O–H groups in total. The second kappa shape index (κ2) is 7.17. The summed E-state index contributed by atoms with van der Waals surface area (Å²) in [5.41, 5.74) is 3.05. The Balaban J connectivity index is 2.25. The molecule has 0 bridgehead atoms. The lowest BCUT2D eigenvalue weighted by atomic mass is 10.1. The van der Waals surface area contributed by atoms with Gasteiger partial charge >= 0.3 is 0 Å². The van der Waals surface area contributed by atoms with Crippen LogP contribution in [0.15, 0.2) is 34.8 Å². The lowest BCUT2D eigenvalue weighted by Gasteiger charge is -2.14. The van der Waals surface area contributed by atoms with Gasteiger partial charge in [-0.05, 0) is 30.7 Å². The minimum atomic E-state index is 0.391. The van der Waals surface area contributed by atoms with Crippen LogP contribution in [0.25, 0.3) is 0 Å². The molecule has 2 aromatic carbocycles. The lowest BCUT2D eigenvalue weighted by Crippen LogP contribution is -2.01. The number of rotatable bonds is 4. The molecule has 106 valence electrons. The second-order valence-electron chi connectivity index (χ2n) is 4.35. The maximum absolute atomic E-state index is 6.17. The number of aryl methyl sites for hydroxylation is 1. The van der Waals surface area contributed by atoms with Crippen LogP contribution in [0.2, 0.25) is 10.0 Å². The van der Waals surface area contributed by atoms with Crippen LogP contribution in [0, 0.1) is 6.92 Å². The second-order valence-corrected chi connectivity index (χ2v) is 6.61. The van der Waals surface area contributed by atoms with Gasteiger partial charge in [-0.15, -0.1) is 0 Å². The average Bonchev–Trinajstić information content (AvgIpc) is 2.41. The molecule has 2 aromatic rings. The summed E-state index contributed by atoms with van der Waals surface area (Å²) >= 11 is 19.1. The van der Waals surface area contributed by atoms with E-state index in [-0.39, 0.29) is 0 Å². The van der Waals surface area contributed by atoms with Gasteiger partial charge in [0.2, 0.25) is 0 Å². The zero-order valence-corrected chi connectivity index (χ0v) is 15.4. The number of halogens is 4. The zero-order valence-electron chi connectivity index (χ0n) is 10.7. The van der Waals surface area contributed by atoms with E-state index in [9.17, 15) is 0 Å². The Kier molecular flexibility index (Phi) is 5.79. The molecule has 0 aliphatic heterocycles. The van der Waals surface area contributed by atoms with E-state index in [1.807, 2.05) is 31.2 Å². The summed E-state index contributed by atoms with van der Waals surface area (Å²) in [7, 11) is 0. The van der Waals surface area contributed by atoms with E-state index in [4.69, 9.17) is 27.9 Å². The van der Waals surface area contributed by atoms with Gasteiger partial charge in [0.25, 0.3) is 0 Å². The Morgan fingerprint density at radius 3 is 2.60 bits per heavy atom. The van der Waals surface area contributed by atoms with Crippen molar-refractivity contribution < 1.29 is 4.74 Å². The van der Waals surface area contributed by atoms with Gasteiger partial charge in [0, 0.05) is 20.9 Å². The summed E-state index contributed by atoms with van der Waals surface area (Å²) in [6.07, 6.45) is 0. The van der Waals surface area contributed by atoms with Gasteiger partial charge in [0.05, 0.1) is 10.0 Å². The van der Waals surface area contributed by atoms with Crippen LogP contribution in [-0.4, -0.2) is 0 Å². The summed E-state index contributed by atoms with van der Waals surface area (Å²) in [5, 5.41) is 1.82. The normalized spacial score (nSPS) is 10.7. The minimum Gasteiger partial charge on any atom is -0.488 e. The summed E-state index contributed by atoms with van der Waals surface area (Å²) in [6, 6.07) is 9.61. The summed E-state index contributed by atoms with van der Waals surface area (Å²) < 4.78 is 6.98. The molecule has 1 nitrogen and oxygen atoms in total. The molecule has 0 aromatic heterocycles. The molecule has 5 heteroatoms. The molecule has 0 spiro atoms.